The largest absolute Gasteiger partial charge is 0.491 e. The third-order valence-corrected chi connectivity index (χ3v) is 5.89. The maximum absolute atomic E-state index is 12.5. The fourth-order valence-corrected chi connectivity index (χ4v) is 4.20. The fourth-order valence-electron chi connectivity index (χ4n) is 3.31. The number of aromatic nitrogens is 1. The van der Waals surface area contributed by atoms with Gasteiger partial charge in [0.25, 0.3) is 0 Å². The van der Waals surface area contributed by atoms with Crippen molar-refractivity contribution in [3.8, 4) is 5.75 Å². The van der Waals surface area contributed by atoms with Crippen LogP contribution in [-0.4, -0.2) is 23.6 Å². The molecule has 2 aromatic rings. The Morgan fingerprint density at radius 2 is 1.96 bits per heavy atom. The predicted molar refractivity (Wildman–Crippen MR) is 108 cm³/mol. The molecule has 1 aliphatic rings. The van der Waals surface area contributed by atoms with Gasteiger partial charge in [0.1, 0.15) is 6.54 Å². The summed E-state index contributed by atoms with van der Waals surface area (Å²) in [5, 5.41) is 3.10. The monoisotopic (exact) mass is 386 g/mol. The van der Waals surface area contributed by atoms with Gasteiger partial charge in [0.15, 0.2) is 5.75 Å². The van der Waals surface area contributed by atoms with Crippen LogP contribution in [0.2, 0.25) is 0 Å². The van der Waals surface area contributed by atoms with Crippen LogP contribution >= 0.6 is 11.8 Å². The third-order valence-electron chi connectivity index (χ3n) is 4.84. The van der Waals surface area contributed by atoms with E-state index in [2.05, 4.69) is 36.5 Å². The highest BCUT2D eigenvalue weighted by Crippen LogP contribution is 2.23. The minimum atomic E-state index is -0.163. The van der Waals surface area contributed by atoms with Crippen LogP contribution in [0.4, 0.5) is 0 Å². The van der Waals surface area contributed by atoms with Gasteiger partial charge in [-0.05, 0) is 31.9 Å². The molecule has 1 aromatic heterocycles. The molecule has 1 saturated carbocycles. The number of ether oxygens (including phenoxy) is 1. The zero-order chi connectivity index (χ0) is 19.2. The van der Waals surface area contributed by atoms with Crippen molar-refractivity contribution in [2.24, 2.45) is 0 Å². The van der Waals surface area contributed by atoms with Crippen LogP contribution in [0.1, 0.15) is 36.9 Å². The number of aryl methyl sites for hydroxylation is 1. The average Bonchev–Trinajstić information content (AvgIpc) is 3.15. The summed E-state index contributed by atoms with van der Waals surface area (Å²) >= 11 is 1.65. The highest BCUT2D eigenvalue weighted by atomic mass is 32.2. The molecule has 0 bridgehead atoms. The van der Waals surface area contributed by atoms with Crippen molar-refractivity contribution in [1.29, 1.82) is 0 Å². The fraction of sp³-hybridized carbons (Fsp3) is 0.429. The van der Waals surface area contributed by atoms with E-state index in [-0.39, 0.29) is 29.7 Å². The van der Waals surface area contributed by atoms with Gasteiger partial charge < -0.3 is 14.6 Å². The smallest absolute Gasteiger partial charge is 0.240 e. The normalized spacial score (nSPS) is 14.3. The summed E-state index contributed by atoms with van der Waals surface area (Å²) in [7, 11) is 1.47. The number of nitrogens with one attached hydrogen (secondary N) is 1. The minimum Gasteiger partial charge on any atom is -0.491 e. The lowest BCUT2D eigenvalue weighted by Crippen LogP contribution is -2.35. The first-order chi connectivity index (χ1) is 13.0. The molecule has 3 rings (SSSR count). The lowest BCUT2D eigenvalue weighted by atomic mass is 10.2. The van der Waals surface area contributed by atoms with E-state index in [1.54, 1.807) is 24.0 Å². The molecule has 1 N–H and O–H groups in total. The topological polar surface area (TPSA) is 60.3 Å². The Kier molecular flexibility index (Phi) is 6.61. The Morgan fingerprint density at radius 3 is 2.63 bits per heavy atom. The van der Waals surface area contributed by atoms with Gasteiger partial charge in [-0.25, -0.2) is 0 Å². The van der Waals surface area contributed by atoms with Crippen LogP contribution in [0.15, 0.2) is 46.2 Å². The van der Waals surface area contributed by atoms with E-state index in [4.69, 9.17) is 4.74 Å². The molecule has 1 amide bonds. The van der Waals surface area contributed by atoms with E-state index < -0.39 is 0 Å². The number of nitrogens with zero attached hydrogens (tertiary/aromatic N) is 1. The molecule has 6 heteroatoms. The van der Waals surface area contributed by atoms with Gasteiger partial charge in [-0.3, -0.25) is 9.59 Å². The van der Waals surface area contributed by atoms with Gasteiger partial charge in [0, 0.05) is 28.5 Å². The molecular weight excluding hydrogens is 360 g/mol. The maximum Gasteiger partial charge on any atom is 0.240 e. The summed E-state index contributed by atoms with van der Waals surface area (Å²) in [5.41, 5.74) is 1.86. The van der Waals surface area contributed by atoms with Crippen LogP contribution in [0.3, 0.4) is 0 Å². The van der Waals surface area contributed by atoms with E-state index in [9.17, 15) is 9.59 Å². The summed E-state index contributed by atoms with van der Waals surface area (Å²) < 4.78 is 6.98. The number of thioether (sulfide) groups is 1. The van der Waals surface area contributed by atoms with Crippen molar-refractivity contribution in [3.05, 3.63) is 58.0 Å². The molecule has 1 aliphatic carbocycles. The zero-order valence-electron chi connectivity index (χ0n) is 15.9. The van der Waals surface area contributed by atoms with Crippen LogP contribution in [0.5, 0.6) is 5.75 Å². The summed E-state index contributed by atoms with van der Waals surface area (Å²) in [4.78, 5) is 25.8. The molecule has 1 heterocycles. The third kappa shape index (κ3) is 5.39. The second-order valence-electron chi connectivity index (χ2n) is 6.98. The van der Waals surface area contributed by atoms with Gasteiger partial charge >= 0.3 is 0 Å². The first kappa shape index (κ1) is 19.5. The van der Waals surface area contributed by atoms with Crippen molar-refractivity contribution in [1.82, 2.24) is 9.88 Å². The molecule has 144 valence electrons. The number of amides is 1. The molecule has 0 spiro atoms. The molecule has 0 saturated heterocycles. The Labute approximate surface area is 164 Å². The van der Waals surface area contributed by atoms with Gasteiger partial charge in [0.2, 0.25) is 11.3 Å². The van der Waals surface area contributed by atoms with E-state index in [1.165, 1.54) is 25.5 Å². The molecule has 1 fully saturated rings. The van der Waals surface area contributed by atoms with Crippen molar-refractivity contribution in [2.45, 2.75) is 55.8 Å². The SMILES string of the molecule is COc1cn(CC(=O)NC2CCCC2)c(CSc2ccc(C)cc2)cc1=O. The Balaban J connectivity index is 1.74. The first-order valence-corrected chi connectivity index (χ1v) is 10.3. The van der Waals surface area contributed by atoms with Crippen molar-refractivity contribution < 1.29 is 9.53 Å². The predicted octanol–water partition coefficient (Wildman–Crippen LogP) is 3.52. The Hall–Kier alpha value is -2.21. The molecule has 1 aromatic carbocycles. The van der Waals surface area contributed by atoms with Gasteiger partial charge in [-0.1, -0.05) is 30.5 Å². The van der Waals surface area contributed by atoms with Gasteiger partial charge in [-0.15, -0.1) is 11.8 Å². The maximum atomic E-state index is 12.5. The van der Waals surface area contributed by atoms with Crippen LogP contribution in [0.25, 0.3) is 0 Å². The zero-order valence-corrected chi connectivity index (χ0v) is 16.7. The number of pyridine rings is 1. The Morgan fingerprint density at radius 1 is 1.26 bits per heavy atom. The molecule has 5 nitrogen and oxygen atoms in total. The van der Waals surface area contributed by atoms with Crippen LogP contribution in [-0.2, 0) is 17.1 Å². The van der Waals surface area contributed by atoms with E-state index >= 15 is 0 Å². The first-order valence-electron chi connectivity index (χ1n) is 9.31. The van der Waals surface area contributed by atoms with E-state index in [0.29, 0.717) is 5.75 Å². The molecule has 0 radical (unpaired) electrons. The summed E-state index contributed by atoms with van der Waals surface area (Å²) in [6, 6.07) is 10.1. The van der Waals surface area contributed by atoms with Crippen molar-refractivity contribution in [3.63, 3.8) is 0 Å². The number of hydrogen-bond donors (Lipinski definition) is 1. The highest BCUT2D eigenvalue weighted by molar-refractivity contribution is 7.98. The average molecular weight is 387 g/mol. The standard InChI is InChI=1S/C21H26N2O3S/c1-15-7-9-18(10-8-15)27-14-17-11-19(24)20(26-2)12-23(17)13-21(25)22-16-5-3-4-6-16/h7-12,16H,3-6,13-14H2,1-2H3,(H,22,25). The number of carbonyl (C=O) groups is 1. The summed E-state index contributed by atoms with van der Waals surface area (Å²) in [5.74, 6) is 0.848. The van der Waals surface area contributed by atoms with Gasteiger partial charge in [0.05, 0.1) is 13.3 Å². The van der Waals surface area contributed by atoms with Crippen LogP contribution < -0.4 is 15.5 Å². The number of methoxy groups -OCH3 is 1. The Bertz CT molecular complexity index is 839. The lowest BCUT2D eigenvalue weighted by molar-refractivity contribution is -0.122. The lowest BCUT2D eigenvalue weighted by Gasteiger charge is -2.17. The highest BCUT2D eigenvalue weighted by Gasteiger charge is 2.18. The molecule has 27 heavy (non-hydrogen) atoms. The summed E-state index contributed by atoms with van der Waals surface area (Å²) in [6.45, 7) is 2.25. The molecule has 0 unspecified atom stereocenters. The number of carbonyl (C=O) groups excluding carboxylic acids is 1. The van der Waals surface area contributed by atoms with E-state index in [0.717, 1.165) is 23.4 Å². The minimum absolute atomic E-state index is 0.0193. The molecule has 0 atom stereocenters. The van der Waals surface area contributed by atoms with Crippen LogP contribution in [0, 0.1) is 6.92 Å². The molecule has 0 aliphatic heterocycles. The second kappa shape index (κ2) is 9.13. The van der Waals surface area contributed by atoms with Gasteiger partial charge in [-0.2, -0.15) is 0 Å². The second-order valence-corrected chi connectivity index (χ2v) is 8.02. The quantitative estimate of drug-likeness (QED) is 0.740. The number of rotatable bonds is 7. The number of benzene rings is 1. The van der Waals surface area contributed by atoms with E-state index in [1.807, 2.05) is 4.57 Å². The van der Waals surface area contributed by atoms with Crippen molar-refractivity contribution >= 4 is 17.7 Å². The summed E-state index contributed by atoms with van der Waals surface area (Å²) in [6.07, 6.45) is 6.09. The van der Waals surface area contributed by atoms with Crippen molar-refractivity contribution in [2.75, 3.05) is 7.11 Å². The molecular formula is C21H26N2O3S. The number of hydrogen-bond acceptors (Lipinski definition) is 4.